The molecule has 6 heteroatoms. The van der Waals surface area contributed by atoms with Crippen LogP contribution in [0.15, 0.2) is 42.5 Å². The number of aryl methyl sites for hydroxylation is 2. The summed E-state index contributed by atoms with van der Waals surface area (Å²) in [5.41, 5.74) is 10.0. The zero-order valence-electron chi connectivity index (χ0n) is 16.2. The topological polar surface area (TPSA) is 73.6 Å². The molecule has 0 saturated carbocycles. The van der Waals surface area contributed by atoms with Crippen molar-refractivity contribution in [2.75, 3.05) is 19.8 Å². The largest absolute Gasteiger partial charge is 0.491 e. The van der Waals surface area contributed by atoms with Gasteiger partial charge in [-0.2, -0.15) is 0 Å². The van der Waals surface area contributed by atoms with Gasteiger partial charge in [0.05, 0.1) is 6.61 Å². The predicted molar refractivity (Wildman–Crippen MR) is 110 cm³/mol. The molecule has 148 valence electrons. The number of carbonyl (C=O) groups is 1. The van der Waals surface area contributed by atoms with Gasteiger partial charge >= 0.3 is 0 Å². The molecule has 0 heterocycles. The molecule has 0 aliphatic heterocycles. The van der Waals surface area contributed by atoms with Gasteiger partial charge in [-0.15, -0.1) is 12.4 Å². The minimum Gasteiger partial charge on any atom is -0.491 e. The lowest BCUT2D eigenvalue weighted by Gasteiger charge is -2.16. The summed E-state index contributed by atoms with van der Waals surface area (Å²) in [5, 5.41) is 2.90. The van der Waals surface area contributed by atoms with Gasteiger partial charge in [-0.1, -0.05) is 42.0 Å². The number of ether oxygens (including phenoxy) is 2. The van der Waals surface area contributed by atoms with Crippen LogP contribution in [0.25, 0.3) is 0 Å². The lowest BCUT2D eigenvalue weighted by molar-refractivity contribution is -0.122. The van der Waals surface area contributed by atoms with E-state index in [4.69, 9.17) is 15.2 Å². The number of rotatable bonds is 9. The van der Waals surface area contributed by atoms with Crippen LogP contribution in [0, 0.1) is 13.8 Å². The van der Waals surface area contributed by atoms with E-state index in [1.165, 1.54) is 0 Å². The zero-order valence-corrected chi connectivity index (χ0v) is 17.0. The normalized spacial score (nSPS) is 11.4. The smallest absolute Gasteiger partial charge is 0.241 e. The van der Waals surface area contributed by atoms with Gasteiger partial charge in [-0.25, -0.2) is 0 Å². The summed E-state index contributed by atoms with van der Waals surface area (Å²) in [6, 6.07) is 12.9. The zero-order chi connectivity index (χ0) is 18.9. The fraction of sp³-hybridized carbons (Fsp3) is 0.381. The molecule has 0 radical (unpaired) electrons. The monoisotopic (exact) mass is 392 g/mol. The lowest BCUT2D eigenvalue weighted by atomic mass is 10.1. The summed E-state index contributed by atoms with van der Waals surface area (Å²) < 4.78 is 11.1. The van der Waals surface area contributed by atoms with E-state index >= 15 is 0 Å². The highest BCUT2D eigenvalue weighted by molar-refractivity contribution is 5.85. The summed E-state index contributed by atoms with van der Waals surface area (Å²) in [7, 11) is 0. The van der Waals surface area contributed by atoms with Crippen LogP contribution in [0.5, 0.6) is 5.75 Å². The fourth-order valence-electron chi connectivity index (χ4n) is 2.51. The third-order valence-corrected chi connectivity index (χ3v) is 4.08. The predicted octanol–water partition coefficient (Wildman–Crippen LogP) is 3.46. The maximum absolute atomic E-state index is 12.4. The first-order valence-corrected chi connectivity index (χ1v) is 8.91. The average molecular weight is 393 g/mol. The molecule has 2 rings (SSSR count). The van der Waals surface area contributed by atoms with E-state index in [1.807, 2.05) is 63.2 Å². The molecule has 1 unspecified atom stereocenters. The second-order valence-electron chi connectivity index (χ2n) is 6.26. The molecule has 0 aromatic heterocycles. The van der Waals surface area contributed by atoms with E-state index in [-0.39, 0.29) is 18.3 Å². The molecule has 5 nitrogen and oxygen atoms in total. The Balaban J connectivity index is 0.00000364. The molecule has 0 spiro atoms. The van der Waals surface area contributed by atoms with Crippen molar-refractivity contribution in [1.29, 1.82) is 0 Å². The summed E-state index contributed by atoms with van der Waals surface area (Å²) in [5.74, 6) is 0.545. The number of halogens is 1. The van der Waals surface area contributed by atoms with E-state index in [9.17, 15) is 4.79 Å². The van der Waals surface area contributed by atoms with Crippen LogP contribution in [0.1, 0.15) is 35.2 Å². The molecule has 1 atom stereocenters. The Morgan fingerprint density at radius 1 is 1.07 bits per heavy atom. The van der Waals surface area contributed by atoms with Gasteiger partial charge in [-0.05, 0) is 38.0 Å². The van der Waals surface area contributed by atoms with Crippen LogP contribution in [-0.4, -0.2) is 25.7 Å². The third kappa shape index (κ3) is 7.21. The number of nitrogens with one attached hydrogen (secondary N) is 1. The number of nitrogens with two attached hydrogens (primary N) is 1. The van der Waals surface area contributed by atoms with Gasteiger partial charge in [0.2, 0.25) is 5.91 Å². The van der Waals surface area contributed by atoms with Crippen molar-refractivity contribution < 1.29 is 14.3 Å². The molecule has 0 fully saturated rings. The maximum atomic E-state index is 12.4. The van der Waals surface area contributed by atoms with E-state index in [2.05, 4.69) is 5.32 Å². The van der Waals surface area contributed by atoms with Gasteiger partial charge in [0.15, 0.2) is 0 Å². The molecular weight excluding hydrogens is 364 g/mol. The number of carbonyl (C=O) groups excluding carboxylic acids is 1. The Morgan fingerprint density at radius 2 is 1.74 bits per heavy atom. The van der Waals surface area contributed by atoms with E-state index < -0.39 is 6.04 Å². The van der Waals surface area contributed by atoms with Gasteiger partial charge in [0.1, 0.15) is 18.4 Å². The molecule has 27 heavy (non-hydrogen) atoms. The van der Waals surface area contributed by atoms with E-state index in [0.29, 0.717) is 26.4 Å². The first-order chi connectivity index (χ1) is 12.5. The second kappa shape index (κ2) is 11.6. The molecule has 2 aromatic carbocycles. The minimum atomic E-state index is -0.691. The summed E-state index contributed by atoms with van der Waals surface area (Å²) in [6.07, 6.45) is 0. The number of hydrogen-bond donors (Lipinski definition) is 2. The van der Waals surface area contributed by atoms with Crippen LogP contribution in [-0.2, 0) is 16.1 Å². The van der Waals surface area contributed by atoms with Crippen molar-refractivity contribution in [1.82, 2.24) is 5.32 Å². The lowest BCUT2D eigenvalue weighted by Crippen LogP contribution is -2.33. The van der Waals surface area contributed by atoms with Crippen molar-refractivity contribution in [3.8, 4) is 5.75 Å². The Hall–Kier alpha value is -2.08. The Morgan fingerprint density at radius 3 is 2.41 bits per heavy atom. The Kier molecular flexibility index (Phi) is 9.86. The molecular formula is C21H29ClN2O3. The maximum Gasteiger partial charge on any atom is 0.241 e. The van der Waals surface area contributed by atoms with Crippen molar-refractivity contribution >= 4 is 18.3 Å². The number of benzene rings is 2. The molecule has 0 aliphatic rings. The molecule has 0 bridgehead atoms. The molecule has 0 saturated heterocycles. The van der Waals surface area contributed by atoms with Crippen molar-refractivity contribution in [3.63, 3.8) is 0 Å². The number of hydrogen-bond acceptors (Lipinski definition) is 4. The van der Waals surface area contributed by atoms with Crippen LogP contribution >= 0.6 is 12.4 Å². The summed E-state index contributed by atoms with van der Waals surface area (Å²) in [4.78, 5) is 12.4. The van der Waals surface area contributed by atoms with Gasteiger partial charge < -0.3 is 20.5 Å². The highest BCUT2D eigenvalue weighted by Gasteiger charge is 2.16. The van der Waals surface area contributed by atoms with Crippen molar-refractivity contribution in [3.05, 3.63) is 64.7 Å². The van der Waals surface area contributed by atoms with Crippen LogP contribution < -0.4 is 15.8 Å². The standard InChI is InChI=1S/C21H28N2O3.ClH/c1-4-25-11-12-26-19-13-16(3)7-10-18(19)14-23-21(24)20(22)17-8-5-15(2)6-9-17;/h5-10,13,20H,4,11-12,14,22H2,1-3H3,(H,23,24);1H. The second-order valence-corrected chi connectivity index (χ2v) is 6.26. The average Bonchev–Trinajstić information content (AvgIpc) is 2.64. The molecule has 2 aromatic rings. The minimum absolute atomic E-state index is 0. The van der Waals surface area contributed by atoms with Gasteiger partial charge in [0, 0.05) is 18.7 Å². The quantitative estimate of drug-likeness (QED) is 0.641. The van der Waals surface area contributed by atoms with Crippen molar-refractivity contribution in [2.24, 2.45) is 5.73 Å². The molecule has 0 aliphatic carbocycles. The van der Waals surface area contributed by atoms with Crippen LogP contribution in [0.2, 0.25) is 0 Å². The van der Waals surface area contributed by atoms with Crippen LogP contribution in [0.4, 0.5) is 0 Å². The highest BCUT2D eigenvalue weighted by Crippen LogP contribution is 2.21. The van der Waals surface area contributed by atoms with Gasteiger partial charge in [0.25, 0.3) is 0 Å². The summed E-state index contributed by atoms with van der Waals surface area (Å²) in [6.45, 7) is 7.99. The Bertz CT molecular complexity index is 720. The molecule has 1 amide bonds. The van der Waals surface area contributed by atoms with Crippen molar-refractivity contribution in [2.45, 2.75) is 33.4 Å². The van der Waals surface area contributed by atoms with Crippen LogP contribution in [0.3, 0.4) is 0 Å². The fourth-order valence-corrected chi connectivity index (χ4v) is 2.51. The summed E-state index contributed by atoms with van der Waals surface area (Å²) >= 11 is 0. The first kappa shape index (κ1) is 23.0. The third-order valence-electron chi connectivity index (χ3n) is 4.08. The SMILES string of the molecule is CCOCCOc1cc(C)ccc1CNC(=O)C(N)c1ccc(C)cc1.Cl. The molecule has 3 N–H and O–H groups in total. The first-order valence-electron chi connectivity index (χ1n) is 8.91. The van der Waals surface area contributed by atoms with E-state index in [0.717, 1.165) is 28.0 Å². The highest BCUT2D eigenvalue weighted by atomic mass is 35.5. The van der Waals surface area contributed by atoms with Gasteiger partial charge in [-0.3, -0.25) is 4.79 Å². The van der Waals surface area contributed by atoms with E-state index in [1.54, 1.807) is 0 Å². The Labute approximate surface area is 167 Å². The number of amides is 1.